The van der Waals surface area contributed by atoms with Crippen molar-refractivity contribution < 1.29 is 0 Å². The first-order valence-corrected chi connectivity index (χ1v) is 6.18. The largest absolute Gasteiger partial charge is 0.396 e. The van der Waals surface area contributed by atoms with Crippen LogP contribution in [0.5, 0.6) is 0 Å². The van der Waals surface area contributed by atoms with E-state index in [4.69, 9.17) is 5.73 Å². The molecule has 94 valence electrons. The Hall–Kier alpha value is -2.03. The number of aryl methyl sites for hydroxylation is 2. The SMILES string of the molecule is CCN(c1cccc(C)c1)c1nccc(C)c1N. The minimum absolute atomic E-state index is 0.751. The van der Waals surface area contributed by atoms with E-state index in [0.29, 0.717) is 0 Å². The van der Waals surface area contributed by atoms with Crippen molar-refractivity contribution in [2.24, 2.45) is 0 Å². The molecule has 0 spiro atoms. The number of benzene rings is 1. The van der Waals surface area contributed by atoms with Crippen molar-refractivity contribution in [2.45, 2.75) is 20.8 Å². The average molecular weight is 241 g/mol. The number of nitrogens with two attached hydrogens (primary N) is 1. The molecule has 0 radical (unpaired) electrons. The zero-order valence-corrected chi connectivity index (χ0v) is 11.1. The van der Waals surface area contributed by atoms with E-state index in [0.717, 1.165) is 29.3 Å². The Kier molecular flexibility index (Phi) is 3.51. The Balaban J connectivity index is 2.49. The van der Waals surface area contributed by atoms with Gasteiger partial charge in [0.25, 0.3) is 0 Å². The molecule has 0 saturated heterocycles. The molecule has 1 aromatic carbocycles. The second kappa shape index (κ2) is 5.08. The van der Waals surface area contributed by atoms with Crippen LogP contribution in [0.2, 0.25) is 0 Å². The van der Waals surface area contributed by atoms with Crippen molar-refractivity contribution in [2.75, 3.05) is 17.2 Å². The van der Waals surface area contributed by atoms with Crippen LogP contribution < -0.4 is 10.6 Å². The summed E-state index contributed by atoms with van der Waals surface area (Å²) >= 11 is 0. The Bertz CT molecular complexity index is 549. The molecule has 1 aromatic heterocycles. The van der Waals surface area contributed by atoms with Crippen LogP contribution in [0, 0.1) is 13.8 Å². The summed E-state index contributed by atoms with van der Waals surface area (Å²) in [5.41, 5.74) is 10.3. The molecular formula is C15H19N3. The van der Waals surface area contributed by atoms with Gasteiger partial charge in [0, 0.05) is 18.4 Å². The van der Waals surface area contributed by atoms with Gasteiger partial charge in [0.05, 0.1) is 5.69 Å². The summed E-state index contributed by atoms with van der Waals surface area (Å²) in [7, 11) is 0. The molecule has 3 nitrogen and oxygen atoms in total. The Morgan fingerprint density at radius 1 is 1.22 bits per heavy atom. The first-order valence-electron chi connectivity index (χ1n) is 6.18. The number of hydrogen-bond acceptors (Lipinski definition) is 3. The van der Waals surface area contributed by atoms with E-state index in [-0.39, 0.29) is 0 Å². The molecule has 1 heterocycles. The quantitative estimate of drug-likeness (QED) is 0.895. The smallest absolute Gasteiger partial charge is 0.156 e. The van der Waals surface area contributed by atoms with Crippen molar-refractivity contribution in [3.05, 3.63) is 47.7 Å². The maximum atomic E-state index is 6.13. The Morgan fingerprint density at radius 3 is 2.67 bits per heavy atom. The van der Waals surface area contributed by atoms with E-state index in [2.05, 4.69) is 48.0 Å². The van der Waals surface area contributed by atoms with E-state index in [1.807, 2.05) is 13.0 Å². The number of nitrogens with zero attached hydrogens (tertiary/aromatic N) is 2. The summed E-state index contributed by atoms with van der Waals surface area (Å²) < 4.78 is 0. The molecule has 0 saturated carbocycles. The highest BCUT2D eigenvalue weighted by Crippen LogP contribution is 2.30. The highest BCUT2D eigenvalue weighted by Gasteiger charge is 2.12. The van der Waals surface area contributed by atoms with Gasteiger partial charge in [-0.2, -0.15) is 0 Å². The highest BCUT2D eigenvalue weighted by molar-refractivity contribution is 5.73. The third-order valence-corrected chi connectivity index (χ3v) is 3.07. The molecule has 18 heavy (non-hydrogen) atoms. The zero-order chi connectivity index (χ0) is 13.1. The van der Waals surface area contributed by atoms with Crippen LogP contribution in [0.25, 0.3) is 0 Å². The van der Waals surface area contributed by atoms with E-state index < -0.39 is 0 Å². The van der Waals surface area contributed by atoms with E-state index in [9.17, 15) is 0 Å². The van der Waals surface area contributed by atoms with Crippen LogP contribution in [0.15, 0.2) is 36.5 Å². The number of anilines is 3. The Morgan fingerprint density at radius 2 is 2.00 bits per heavy atom. The monoisotopic (exact) mass is 241 g/mol. The van der Waals surface area contributed by atoms with Gasteiger partial charge in [-0.15, -0.1) is 0 Å². The van der Waals surface area contributed by atoms with Crippen molar-refractivity contribution in [1.82, 2.24) is 4.98 Å². The van der Waals surface area contributed by atoms with Gasteiger partial charge in [-0.3, -0.25) is 0 Å². The lowest BCUT2D eigenvalue weighted by molar-refractivity contribution is 0.988. The maximum Gasteiger partial charge on any atom is 0.156 e. The van der Waals surface area contributed by atoms with Gasteiger partial charge in [0.2, 0.25) is 0 Å². The lowest BCUT2D eigenvalue weighted by atomic mass is 10.2. The van der Waals surface area contributed by atoms with Crippen LogP contribution in [-0.4, -0.2) is 11.5 Å². The van der Waals surface area contributed by atoms with Crippen molar-refractivity contribution in [1.29, 1.82) is 0 Å². The lowest BCUT2D eigenvalue weighted by Crippen LogP contribution is -2.19. The topological polar surface area (TPSA) is 42.2 Å². The molecule has 0 aliphatic heterocycles. The van der Waals surface area contributed by atoms with Crippen molar-refractivity contribution in [3.8, 4) is 0 Å². The predicted molar refractivity (Wildman–Crippen MR) is 77.2 cm³/mol. The first kappa shape index (κ1) is 12.4. The minimum Gasteiger partial charge on any atom is -0.396 e. The summed E-state index contributed by atoms with van der Waals surface area (Å²) in [4.78, 5) is 6.55. The molecule has 3 heteroatoms. The van der Waals surface area contributed by atoms with Gasteiger partial charge in [0.1, 0.15) is 0 Å². The molecule has 0 aliphatic rings. The van der Waals surface area contributed by atoms with E-state index in [1.165, 1.54) is 5.56 Å². The molecule has 0 unspecified atom stereocenters. The number of hydrogen-bond donors (Lipinski definition) is 1. The fraction of sp³-hybridized carbons (Fsp3) is 0.267. The summed E-state index contributed by atoms with van der Waals surface area (Å²) in [6.07, 6.45) is 1.81. The van der Waals surface area contributed by atoms with E-state index >= 15 is 0 Å². The number of nitrogen functional groups attached to an aromatic ring is 1. The second-order valence-corrected chi connectivity index (χ2v) is 4.45. The van der Waals surface area contributed by atoms with Gasteiger partial charge in [-0.25, -0.2) is 4.98 Å². The molecule has 0 amide bonds. The number of rotatable bonds is 3. The minimum atomic E-state index is 0.751. The van der Waals surface area contributed by atoms with Crippen LogP contribution >= 0.6 is 0 Å². The van der Waals surface area contributed by atoms with Gasteiger partial charge in [-0.1, -0.05) is 12.1 Å². The Labute approximate surface area is 108 Å². The van der Waals surface area contributed by atoms with Gasteiger partial charge in [0.15, 0.2) is 5.82 Å². The normalized spacial score (nSPS) is 10.4. The first-order chi connectivity index (χ1) is 8.63. The molecule has 0 aliphatic carbocycles. The molecule has 2 aromatic rings. The summed E-state index contributed by atoms with van der Waals surface area (Å²) in [5.74, 6) is 0.836. The fourth-order valence-electron chi connectivity index (χ4n) is 2.02. The molecular weight excluding hydrogens is 222 g/mol. The average Bonchev–Trinajstić information content (AvgIpc) is 2.35. The molecule has 0 fully saturated rings. The fourth-order valence-corrected chi connectivity index (χ4v) is 2.02. The number of aromatic nitrogens is 1. The summed E-state index contributed by atoms with van der Waals surface area (Å²) in [6.45, 7) is 7.03. The zero-order valence-electron chi connectivity index (χ0n) is 11.1. The van der Waals surface area contributed by atoms with Gasteiger partial charge in [-0.05, 0) is 50.1 Å². The van der Waals surface area contributed by atoms with Crippen LogP contribution in [0.3, 0.4) is 0 Å². The van der Waals surface area contributed by atoms with Crippen LogP contribution in [-0.2, 0) is 0 Å². The molecule has 2 N–H and O–H groups in total. The third-order valence-electron chi connectivity index (χ3n) is 3.07. The van der Waals surface area contributed by atoms with Crippen molar-refractivity contribution in [3.63, 3.8) is 0 Å². The van der Waals surface area contributed by atoms with Crippen LogP contribution in [0.4, 0.5) is 17.2 Å². The maximum absolute atomic E-state index is 6.13. The van der Waals surface area contributed by atoms with Gasteiger partial charge >= 0.3 is 0 Å². The summed E-state index contributed by atoms with van der Waals surface area (Å²) in [5, 5.41) is 0. The van der Waals surface area contributed by atoms with E-state index in [1.54, 1.807) is 6.20 Å². The van der Waals surface area contributed by atoms with Gasteiger partial charge < -0.3 is 10.6 Å². The molecule has 2 rings (SSSR count). The molecule has 0 bridgehead atoms. The highest BCUT2D eigenvalue weighted by atomic mass is 15.2. The predicted octanol–water partition coefficient (Wildman–Crippen LogP) is 3.44. The second-order valence-electron chi connectivity index (χ2n) is 4.45. The molecule has 0 atom stereocenters. The van der Waals surface area contributed by atoms with Crippen molar-refractivity contribution >= 4 is 17.2 Å². The summed E-state index contributed by atoms with van der Waals surface area (Å²) in [6, 6.07) is 10.3. The lowest BCUT2D eigenvalue weighted by Gasteiger charge is -2.24. The third kappa shape index (κ3) is 2.30. The standard InChI is InChI=1S/C15H19N3/c1-4-18(13-7-5-6-11(2)10-13)15-14(16)12(3)8-9-17-15/h5-10H,4,16H2,1-3H3. The number of pyridine rings is 1. The van der Waals surface area contributed by atoms with Crippen LogP contribution in [0.1, 0.15) is 18.1 Å².